The summed E-state index contributed by atoms with van der Waals surface area (Å²) in [6, 6.07) is 9.26. The number of carbonyl (C=O) groups excluding carboxylic acids is 1. The molecule has 118 valence electrons. The Bertz CT molecular complexity index is 616. The molecule has 3 N–H and O–H groups in total. The first-order valence-corrected chi connectivity index (χ1v) is 8.26. The van der Waals surface area contributed by atoms with Gasteiger partial charge in [0.15, 0.2) is 0 Å². The molecule has 2 rings (SSSR count). The summed E-state index contributed by atoms with van der Waals surface area (Å²) in [6.45, 7) is 6.81. The van der Waals surface area contributed by atoms with Gasteiger partial charge in [-0.15, -0.1) is 11.3 Å². The number of carbonyl (C=O) groups is 1. The fourth-order valence-electron chi connectivity index (χ4n) is 1.99. The molecule has 5 heteroatoms. The highest BCUT2D eigenvalue weighted by Crippen LogP contribution is 2.23. The van der Waals surface area contributed by atoms with Crippen molar-refractivity contribution >= 4 is 17.2 Å². The maximum absolute atomic E-state index is 12.1. The molecule has 1 aromatic heterocycles. The van der Waals surface area contributed by atoms with Crippen LogP contribution in [0, 0.1) is 0 Å². The van der Waals surface area contributed by atoms with Gasteiger partial charge in [0.1, 0.15) is 5.01 Å². The smallest absolute Gasteiger partial charge is 0.237 e. The lowest BCUT2D eigenvalue weighted by Gasteiger charge is -2.14. The van der Waals surface area contributed by atoms with Crippen molar-refractivity contribution in [3.05, 3.63) is 52.0 Å². The van der Waals surface area contributed by atoms with Crippen molar-refractivity contribution in [3.63, 3.8) is 0 Å². The summed E-state index contributed by atoms with van der Waals surface area (Å²) < 4.78 is 0. The number of nitrogens with zero attached hydrogens (tertiary/aromatic N) is 1. The zero-order chi connectivity index (χ0) is 16.2. The third kappa shape index (κ3) is 4.64. The molecule has 1 heterocycles. The SMILES string of the molecule is CC(C)(C)c1csc(CNC(=O)C(N)Cc2ccccc2)n1. The molecule has 2 aromatic rings. The molecular formula is C17H23N3OS. The largest absolute Gasteiger partial charge is 0.348 e. The first-order valence-electron chi connectivity index (χ1n) is 7.38. The normalized spacial score (nSPS) is 12.9. The fourth-order valence-corrected chi connectivity index (χ4v) is 2.95. The average molecular weight is 317 g/mol. The van der Waals surface area contributed by atoms with Crippen LogP contribution in [-0.2, 0) is 23.2 Å². The number of benzene rings is 1. The second-order valence-electron chi connectivity index (χ2n) is 6.39. The van der Waals surface area contributed by atoms with E-state index in [1.807, 2.05) is 35.7 Å². The highest BCUT2D eigenvalue weighted by molar-refractivity contribution is 7.09. The summed E-state index contributed by atoms with van der Waals surface area (Å²) in [4.78, 5) is 16.6. The van der Waals surface area contributed by atoms with Crippen molar-refractivity contribution in [2.24, 2.45) is 5.73 Å². The summed E-state index contributed by atoms with van der Waals surface area (Å²) >= 11 is 1.57. The maximum Gasteiger partial charge on any atom is 0.237 e. The summed E-state index contributed by atoms with van der Waals surface area (Å²) in [7, 11) is 0. The molecule has 22 heavy (non-hydrogen) atoms. The standard InChI is InChI=1S/C17H23N3OS/c1-17(2,3)14-11-22-15(20-14)10-19-16(21)13(18)9-12-7-5-4-6-8-12/h4-8,11,13H,9-10,18H2,1-3H3,(H,19,21). The van der Waals surface area contributed by atoms with Gasteiger partial charge in [-0.05, 0) is 12.0 Å². The fraction of sp³-hybridized carbons (Fsp3) is 0.412. The van der Waals surface area contributed by atoms with Gasteiger partial charge < -0.3 is 11.1 Å². The highest BCUT2D eigenvalue weighted by atomic mass is 32.1. The second-order valence-corrected chi connectivity index (χ2v) is 7.33. The van der Waals surface area contributed by atoms with Crippen LogP contribution >= 0.6 is 11.3 Å². The van der Waals surface area contributed by atoms with Crippen LogP contribution in [-0.4, -0.2) is 16.9 Å². The van der Waals surface area contributed by atoms with E-state index in [2.05, 4.69) is 31.1 Å². The van der Waals surface area contributed by atoms with Crippen LogP contribution in [0.4, 0.5) is 0 Å². The molecular weight excluding hydrogens is 294 g/mol. The monoisotopic (exact) mass is 317 g/mol. The molecule has 0 spiro atoms. The van der Waals surface area contributed by atoms with Crippen molar-refractivity contribution in [2.75, 3.05) is 0 Å². The molecule has 0 aliphatic carbocycles. The Labute approximate surface area is 135 Å². The van der Waals surface area contributed by atoms with E-state index in [0.29, 0.717) is 13.0 Å². The molecule has 4 nitrogen and oxygen atoms in total. The lowest BCUT2D eigenvalue weighted by molar-refractivity contribution is -0.122. The molecule has 1 unspecified atom stereocenters. The number of thiazole rings is 1. The Morgan fingerprint density at radius 3 is 2.59 bits per heavy atom. The molecule has 1 amide bonds. The number of nitrogens with one attached hydrogen (secondary N) is 1. The van der Waals surface area contributed by atoms with E-state index in [0.717, 1.165) is 16.3 Å². The van der Waals surface area contributed by atoms with Crippen molar-refractivity contribution in [3.8, 4) is 0 Å². The molecule has 0 aliphatic rings. The Hall–Kier alpha value is -1.72. The number of amides is 1. The minimum Gasteiger partial charge on any atom is -0.348 e. The lowest BCUT2D eigenvalue weighted by Crippen LogP contribution is -2.41. The van der Waals surface area contributed by atoms with Crippen LogP contribution in [0.25, 0.3) is 0 Å². The van der Waals surface area contributed by atoms with Crippen molar-refractivity contribution in [1.29, 1.82) is 0 Å². The van der Waals surface area contributed by atoms with Gasteiger partial charge in [-0.1, -0.05) is 51.1 Å². The summed E-state index contributed by atoms with van der Waals surface area (Å²) in [6.07, 6.45) is 0.539. The van der Waals surface area contributed by atoms with Gasteiger partial charge in [-0.25, -0.2) is 4.98 Å². The molecule has 0 saturated carbocycles. The van der Waals surface area contributed by atoms with Gasteiger partial charge in [0.05, 0.1) is 18.3 Å². The zero-order valence-electron chi connectivity index (χ0n) is 13.3. The molecule has 0 saturated heterocycles. The minimum absolute atomic E-state index is 0.0302. The van der Waals surface area contributed by atoms with Crippen LogP contribution in [0.3, 0.4) is 0 Å². The first kappa shape index (κ1) is 16.6. The molecule has 0 aliphatic heterocycles. The van der Waals surface area contributed by atoms with E-state index in [9.17, 15) is 4.79 Å². The molecule has 0 radical (unpaired) electrons. The van der Waals surface area contributed by atoms with Crippen molar-refractivity contribution in [2.45, 2.75) is 45.2 Å². The lowest BCUT2D eigenvalue weighted by atomic mass is 9.93. The Morgan fingerprint density at radius 2 is 2.00 bits per heavy atom. The average Bonchev–Trinajstić information content (AvgIpc) is 2.94. The van der Waals surface area contributed by atoms with Crippen molar-refractivity contribution < 1.29 is 4.79 Å². The molecule has 0 bridgehead atoms. The number of hydrogen-bond acceptors (Lipinski definition) is 4. The third-order valence-corrected chi connectivity index (χ3v) is 4.22. The Kier molecular flexibility index (Phi) is 5.32. The highest BCUT2D eigenvalue weighted by Gasteiger charge is 2.18. The van der Waals surface area contributed by atoms with E-state index < -0.39 is 6.04 Å². The molecule has 0 fully saturated rings. The van der Waals surface area contributed by atoms with Crippen LogP contribution in [0.2, 0.25) is 0 Å². The van der Waals surface area contributed by atoms with E-state index in [-0.39, 0.29) is 11.3 Å². The number of hydrogen-bond donors (Lipinski definition) is 2. The quantitative estimate of drug-likeness (QED) is 0.891. The molecule has 1 atom stereocenters. The van der Waals surface area contributed by atoms with Gasteiger partial charge in [-0.3, -0.25) is 4.79 Å². The van der Waals surface area contributed by atoms with Gasteiger partial charge in [0.2, 0.25) is 5.91 Å². The number of nitrogens with two attached hydrogens (primary N) is 1. The first-order chi connectivity index (χ1) is 10.4. The molecule has 1 aromatic carbocycles. The van der Waals surface area contributed by atoms with Crippen LogP contribution in [0.1, 0.15) is 37.0 Å². The summed E-state index contributed by atoms with van der Waals surface area (Å²) in [5, 5.41) is 5.82. The third-order valence-electron chi connectivity index (χ3n) is 3.37. The van der Waals surface area contributed by atoms with Gasteiger partial charge in [-0.2, -0.15) is 0 Å². The predicted octanol–water partition coefficient (Wildman–Crippen LogP) is 2.63. The minimum atomic E-state index is -0.538. The Balaban J connectivity index is 1.86. The van der Waals surface area contributed by atoms with Crippen LogP contribution in [0.5, 0.6) is 0 Å². The van der Waals surface area contributed by atoms with Gasteiger partial charge in [0.25, 0.3) is 0 Å². The maximum atomic E-state index is 12.1. The van der Waals surface area contributed by atoms with Gasteiger partial charge >= 0.3 is 0 Å². The summed E-state index contributed by atoms with van der Waals surface area (Å²) in [5.74, 6) is -0.142. The topological polar surface area (TPSA) is 68.0 Å². The van der Waals surface area contributed by atoms with E-state index in [4.69, 9.17) is 5.73 Å². The Morgan fingerprint density at radius 1 is 1.32 bits per heavy atom. The summed E-state index contributed by atoms with van der Waals surface area (Å²) in [5.41, 5.74) is 8.10. The van der Waals surface area contributed by atoms with E-state index in [1.165, 1.54) is 0 Å². The second kappa shape index (κ2) is 7.03. The van der Waals surface area contributed by atoms with Crippen LogP contribution < -0.4 is 11.1 Å². The van der Waals surface area contributed by atoms with Crippen molar-refractivity contribution in [1.82, 2.24) is 10.3 Å². The zero-order valence-corrected chi connectivity index (χ0v) is 14.1. The number of rotatable bonds is 5. The van der Waals surface area contributed by atoms with E-state index in [1.54, 1.807) is 11.3 Å². The van der Waals surface area contributed by atoms with E-state index >= 15 is 0 Å². The van der Waals surface area contributed by atoms with Gasteiger partial charge in [0, 0.05) is 10.8 Å². The van der Waals surface area contributed by atoms with Crippen LogP contribution in [0.15, 0.2) is 35.7 Å². The number of aromatic nitrogens is 1. The predicted molar refractivity (Wildman–Crippen MR) is 90.8 cm³/mol.